The Morgan fingerprint density at radius 2 is 1.90 bits per heavy atom. The number of hydrogen-bond acceptors (Lipinski definition) is 8. The first-order valence-electron chi connectivity index (χ1n) is 10.2. The molecule has 8 heteroatoms. The van der Waals surface area contributed by atoms with Crippen molar-refractivity contribution in [1.29, 1.82) is 0 Å². The normalized spacial score (nSPS) is 50.1. The van der Waals surface area contributed by atoms with Crippen molar-refractivity contribution < 1.29 is 39.4 Å². The van der Waals surface area contributed by atoms with E-state index in [0.29, 0.717) is 18.4 Å². The molecule has 10 atom stereocenters. The lowest BCUT2D eigenvalue weighted by atomic mass is 9.77. The first-order chi connectivity index (χ1) is 13.7. The molecule has 2 saturated heterocycles. The Labute approximate surface area is 169 Å². The Hall–Kier alpha value is -1.29. The van der Waals surface area contributed by atoms with Crippen LogP contribution >= 0.6 is 0 Å². The second kappa shape index (κ2) is 7.44. The van der Waals surface area contributed by atoms with Gasteiger partial charge in [-0.2, -0.15) is 0 Å². The molecule has 4 aliphatic rings. The van der Waals surface area contributed by atoms with Crippen LogP contribution in [0.15, 0.2) is 24.3 Å². The van der Waals surface area contributed by atoms with E-state index in [9.17, 15) is 25.2 Å². The van der Waals surface area contributed by atoms with Crippen LogP contribution in [0.4, 0.5) is 0 Å². The highest BCUT2D eigenvalue weighted by Crippen LogP contribution is 2.55. The van der Waals surface area contributed by atoms with Crippen LogP contribution in [-0.4, -0.2) is 75.4 Å². The zero-order valence-electron chi connectivity index (χ0n) is 16.6. The van der Waals surface area contributed by atoms with Crippen LogP contribution in [0.2, 0.25) is 0 Å². The first-order valence-corrected chi connectivity index (χ1v) is 10.2. The van der Waals surface area contributed by atoms with E-state index in [1.165, 1.54) is 0 Å². The number of hydrogen-bond donors (Lipinski definition) is 4. The van der Waals surface area contributed by atoms with Crippen molar-refractivity contribution in [2.24, 2.45) is 17.8 Å². The number of carbonyl (C=O) groups is 1. The van der Waals surface area contributed by atoms with Crippen molar-refractivity contribution in [1.82, 2.24) is 0 Å². The van der Waals surface area contributed by atoms with E-state index >= 15 is 0 Å². The van der Waals surface area contributed by atoms with E-state index in [0.717, 1.165) is 18.4 Å². The molecular weight excluding hydrogens is 380 g/mol. The summed E-state index contributed by atoms with van der Waals surface area (Å²) in [4.78, 5) is 12.1. The molecule has 29 heavy (non-hydrogen) atoms. The molecule has 0 aromatic rings. The standard InChI is InChI=1S/C21H30O8/c1-9-4-5-12-14(9)18-11(10(2)19(26)28-18)6-7-21(12,3)29-20-17(25)16(24)15(23)13(8-22)27-20/h11-18,20,22-25H,1-2,4-8H2,3H3/t11-,12+,13+,14+,15+,16-,17+,18+,20-,21+/m0/s1. The summed E-state index contributed by atoms with van der Waals surface area (Å²) in [5, 5.41) is 40.0. The van der Waals surface area contributed by atoms with Gasteiger partial charge in [-0.05, 0) is 38.5 Å². The van der Waals surface area contributed by atoms with Gasteiger partial charge in [0.15, 0.2) is 6.29 Å². The fraction of sp³-hybridized carbons (Fsp3) is 0.762. The largest absolute Gasteiger partial charge is 0.458 e. The molecule has 4 fully saturated rings. The highest BCUT2D eigenvalue weighted by atomic mass is 16.7. The molecule has 0 unspecified atom stereocenters. The van der Waals surface area contributed by atoms with Crippen molar-refractivity contribution in [3.8, 4) is 0 Å². The SMILES string of the molecule is C=C1CC[C@@H]2[C@@H]1[C@@H]1OC(=O)C(=C)[C@@H]1CC[C@@]2(C)O[C@@H]1O[C@H](CO)[C@@H](O)[C@H](O)[C@H]1O. The van der Waals surface area contributed by atoms with E-state index in [1.807, 2.05) is 6.92 Å². The van der Waals surface area contributed by atoms with E-state index in [1.54, 1.807) is 0 Å². The Morgan fingerprint density at radius 3 is 2.59 bits per heavy atom. The number of carbonyl (C=O) groups excluding carboxylic acids is 1. The van der Waals surface area contributed by atoms with Gasteiger partial charge in [-0.3, -0.25) is 0 Å². The number of aliphatic hydroxyl groups excluding tert-OH is 4. The highest BCUT2D eigenvalue weighted by Gasteiger charge is 2.58. The second-order valence-corrected chi connectivity index (χ2v) is 9.00. The minimum absolute atomic E-state index is 0.0175. The quantitative estimate of drug-likeness (QED) is 0.292. The third kappa shape index (κ3) is 3.26. The molecule has 0 spiro atoms. The number of aliphatic hydroxyl groups is 4. The lowest BCUT2D eigenvalue weighted by Gasteiger charge is -2.46. The summed E-state index contributed by atoms with van der Waals surface area (Å²) in [6.07, 6.45) is -4.13. The summed E-state index contributed by atoms with van der Waals surface area (Å²) < 4.78 is 17.5. The molecule has 4 rings (SSSR count). The molecule has 0 bridgehead atoms. The van der Waals surface area contributed by atoms with Crippen LogP contribution in [0, 0.1) is 17.8 Å². The molecule has 0 radical (unpaired) electrons. The van der Waals surface area contributed by atoms with Gasteiger partial charge in [0.25, 0.3) is 0 Å². The minimum Gasteiger partial charge on any atom is -0.458 e. The smallest absolute Gasteiger partial charge is 0.334 e. The van der Waals surface area contributed by atoms with Crippen LogP contribution in [0.1, 0.15) is 32.6 Å². The van der Waals surface area contributed by atoms with Gasteiger partial charge in [-0.15, -0.1) is 0 Å². The zero-order valence-corrected chi connectivity index (χ0v) is 16.6. The summed E-state index contributed by atoms with van der Waals surface area (Å²) in [6.45, 7) is 9.55. The van der Waals surface area contributed by atoms with Crippen LogP contribution < -0.4 is 0 Å². The van der Waals surface area contributed by atoms with Crippen LogP contribution in [0.25, 0.3) is 0 Å². The summed E-state index contributed by atoms with van der Waals surface area (Å²) in [6, 6.07) is 0. The molecule has 4 N–H and O–H groups in total. The van der Waals surface area contributed by atoms with Crippen molar-refractivity contribution >= 4 is 5.97 Å². The van der Waals surface area contributed by atoms with E-state index in [2.05, 4.69) is 13.2 Å². The lowest BCUT2D eigenvalue weighted by molar-refractivity contribution is -0.332. The Morgan fingerprint density at radius 1 is 1.17 bits per heavy atom. The lowest BCUT2D eigenvalue weighted by Crippen LogP contribution is -2.61. The fourth-order valence-electron chi connectivity index (χ4n) is 5.62. The van der Waals surface area contributed by atoms with Crippen molar-refractivity contribution in [3.63, 3.8) is 0 Å². The molecule has 2 aliphatic carbocycles. The molecule has 162 valence electrons. The number of esters is 1. The maximum absolute atomic E-state index is 12.1. The average molecular weight is 410 g/mol. The first kappa shape index (κ1) is 21.0. The maximum Gasteiger partial charge on any atom is 0.334 e. The number of ether oxygens (including phenoxy) is 3. The third-order valence-corrected chi connectivity index (χ3v) is 7.35. The molecule has 2 heterocycles. The van der Waals surface area contributed by atoms with Crippen LogP contribution in [0.3, 0.4) is 0 Å². The van der Waals surface area contributed by atoms with Gasteiger partial charge < -0.3 is 34.6 Å². The van der Waals surface area contributed by atoms with Crippen molar-refractivity contribution in [3.05, 3.63) is 24.3 Å². The summed E-state index contributed by atoms with van der Waals surface area (Å²) in [5.41, 5.74) is 0.748. The monoisotopic (exact) mass is 410 g/mol. The van der Waals surface area contributed by atoms with Gasteiger partial charge in [0.2, 0.25) is 0 Å². The maximum atomic E-state index is 12.1. The van der Waals surface area contributed by atoms with Crippen molar-refractivity contribution in [2.75, 3.05) is 6.61 Å². The molecular formula is C21H30O8. The summed E-state index contributed by atoms with van der Waals surface area (Å²) in [7, 11) is 0. The highest BCUT2D eigenvalue weighted by molar-refractivity contribution is 5.90. The van der Waals surface area contributed by atoms with Crippen LogP contribution in [-0.2, 0) is 19.0 Å². The minimum atomic E-state index is -1.49. The van der Waals surface area contributed by atoms with Gasteiger partial charge in [-0.1, -0.05) is 18.7 Å². The van der Waals surface area contributed by atoms with Gasteiger partial charge in [-0.25, -0.2) is 4.79 Å². The Bertz CT molecular complexity index is 705. The van der Waals surface area contributed by atoms with Gasteiger partial charge in [0.05, 0.1) is 12.2 Å². The molecule has 0 aromatic carbocycles. The molecule has 2 aliphatic heterocycles. The Kier molecular flexibility index (Phi) is 5.38. The predicted molar refractivity (Wildman–Crippen MR) is 100 cm³/mol. The number of rotatable bonds is 3. The van der Waals surface area contributed by atoms with E-state index < -0.39 is 42.9 Å². The van der Waals surface area contributed by atoms with E-state index in [4.69, 9.17) is 14.2 Å². The topological polar surface area (TPSA) is 126 Å². The van der Waals surface area contributed by atoms with Crippen LogP contribution in [0.5, 0.6) is 0 Å². The fourth-order valence-corrected chi connectivity index (χ4v) is 5.62. The molecule has 2 saturated carbocycles. The predicted octanol–water partition coefficient (Wildman–Crippen LogP) is 0.0356. The van der Waals surface area contributed by atoms with Gasteiger partial charge in [0.1, 0.15) is 30.5 Å². The summed E-state index contributed by atoms with van der Waals surface area (Å²) in [5.74, 6) is -0.557. The van der Waals surface area contributed by atoms with E-state index in [-0.39, 0.29) is 29.8 Å². The molecule has 0 amide bonds. The van der Waals surface area contributed by atoms with Gasteiger partial charge in [0, 0.05) is 17.4 Å². The summed E-state index contributed by atoms with van der Waals surface area (Å²) >= 11 is 0. The van der Waals surface area contributed by atoms with Gasteiger partial charge >= 0.3 is 5.97 Å². The number of fused-ring (bicyclic) bond motifs is 3. The molecule has 8 nitrogen and oxygen atoms in total. The molecule has 0 aromatic heterocycles. The zero-order chi connectivity index (χ0) is 21.1. The average Bonchev–Trinajstić information content (AvgIpc) is 3.17. The second-order valence-electron chi connectivity index (χ2n) is 9.00. The van der Waals surface area contributed by atoms with Crippen molar-refractivity contribution in [2.45, 2.75) is 75.0 Å². The third-order valence-electron chi connectivity index (χ3n) is 7.35. The Balaban J connectivity index is 1.61.